The molecule has 0 saturated heterocycles. The summed E-state index contributed by atoms with van der Waals surface area (Å²) in [6.45, 7) is 2.42. The van der Waals surface area contributed by atoms with Crippen molar-refractivity contribution in [2.24, 2.45) is 0 Å². The van der Waals surface area contributed by atoms with E-state index in [9.17, 15) is 4.79 Å². The topological polar surface area (TPSA) is 26.3 Å². The zero-order chi connectivity index (χ0) is 14.2. The molecule has 2 rings (SSSR count). The molecule has 2 aromatic carbocycles. The molecule has 0 aromatic heterocycles. The van der Waals surface area contributed by atoms with Crippen LogP contribution in [0.5, 0.6) is 0 Å². The molecule has 0 unspecified atom stereocenters. The van der Waals surface area contributed by atoms with E-state index < -0.39 is 0 Å². The molecule has 2 aromatic rings. The van der Waals surface area contributed by atoms with E-state index in [-0.39, 0.29) is 5.97 Å². The Kier molecular flexibility index (Phi) is 5.13. The van der Waals surface area contributed by atoms with Crippen molar-refractivity contribution < 1.29 is 9.53 Å². The van der Waals surface area contributed by atoms with Crippen LogP contribution in [0.3, 0.4) is 0 Å². The van der Waals surface area contributed by atoms with Crippen LogP contribution in [-0.2, 0) is 9.53 Å². The van der Waals surface area contributed by atoms with Crippen molar-refractivity contribution in [3.63, 3.8) is 0 Å². The van der Waals surface area contributed by atoms with Crippen LogP contribution in [0.15, 0.2) is 60.7 Å². The highest BCUT2D eigenvalue weighted by Gasteiger charge is 2.13. The first kappa shape index (κ1) is 14.1. The van der Waals surface area contributed by atoms with Crippen molar-refractivity contribution in [2.75, 3.05) is 6.61 Å². The molecule has 0 amide bonds. The van der Waals surface area contributed by atoms with Crippen LogP contribution < -0.4 is 0 Å². The van der Waals surface area contributed by atoms with E-state index in [2.05, 4.69) is 0 Å². The minimum Gasteiger partial charge on any atom is -0.462 e. The minimum absolute atomic E-state index is 0.276. The summed E-state index contributed by atoms with van der Waals surface area (Å²) in [7, 11) is 0. The Balaban J connectivity index is 2.34. The average molecular weight is 266 g/mol. The van der Waals surface area contributed by atoms with Gasteiger partial charge in [0.2, 0.25) is 0 Å². The molecule has 102 valence electrons. The fourth-order valence-electron chi connectivity index (χ4n) is 1.87. The van der Waals surface area contributed by atoms with Gasteiger partial charge < -0.3 is 4.74 Å². The molecule has 2 nitrogen and oxygen atoms in total. The summed E-state index contributed by atoms with van der Waals surface area (Å²) < 4.78 is 5.27. The standard InChI is InChI=1S/C18H18O2/c1-2-13-20-18(19)17(16-11-7-4-8-12-16)14-15-9-5-3-6-10-15/h3-12,14H,2,13H2,1H3. The van der Waals surface area contributed by atoms with E-state index in [1.54, 1.807) is 0 Å². The number of hydrogen-bond acceptors (Lipinski definition) is 2. The fraction of sp³-hybridized carbons (Fsp3) is 0.167. The van der Waals surface area contributed by atoms with Crippen molar-refractivity contribution >= 4 is 17.6 Å². The van der Waals surface area contributed by atoms with Crippen LogP contribution in [0.25, 0.3) is 11.6 Å². The Morgan fingerprint density at radius 1 is 1.00 bits per heavy atom. The van der Waals surface area contributed by atoms with Crippen molar-refractivity contribution in [3.05, 3.63) is 71.8 Å². The normalized spacial score (nSPS) is 11.2. The van der Waals surface area contributed by atoms with E-state index in [1.165, 1.54) is 0 Å². The summed E-state index contributed by atoms with van der Waals surface area (Å²) in [5.41, 5.74) is 2.45. The van der Waals surface area contributed by atoms with Gasteiger partial charge in [-0.2, -0.15) is 0 Å². The summed E-state index contributed by atoms with van der Waals surface area (Å²) >= 11 is 0. The van der Waals surface area contributed by atoms with Gasteiger partial charge in [0.1, 0.15) is 0 Å². The Hall–Kier alpha value is -2.35. The predicted molar refractivity (Wildman–Crippen MR) is 82.0 cm³/mol. The molecule has 0 atom stereocenters. The zero-order valence-electron chi connectivity index (χ0n) is 11.6. The maximum atomic E-state index is 12.2. The number of rotatable bonds is 5. The van der Waals surface area contributed by atoms with Crippen molar-refractivity contribution in [2.45, 2.75) is 13.3 Å². The Labute approximate surface area is 119 Å². The summed E-state index contributed by atoms with van der Waals surface area (Å²) in [6.07, 6.45) is 2.69. The smallest absolute Gasteiger partial charge is 0.338 e. The molecule has 0 aliphatic carbocycles. The van der Waals surface area contributed by atoms with Gasteiger partial charge in [-0.05, 0) is 23.6 Å². The van der Waals surface area contributed by atoms with Crippen molar-refractivity contribution in [1.82, 2.24) is 0 Å². The average Bonchev–Trinajstić information content (AvgIpc) is 2.52. The molecule has 0 heterocycles. The van der Waals surface area contributed by atoms with Gasteiger partial charge in [-0.3, -0.25) is 0 Å². The summed E-state index contributed by atoms with van der Waals surface area (Å²) in [4.78, 5) is 12.2. The van der Waals surface area contributed by atoms with Crippen molar-refractivity contribution in [3.8, 4) is 0 Å². The van der Waals surface area contributed by atoms with E-state index >= 15 is 0 Å². The lowest BCUT2D eigenvalue weighted by atomic mass is 10.0. The number of esters is 1. The number of carbonyl (C=O) groups is 1. The molecule has 2 heteroatoms. The lowest BCUT2D eigenvalue weighted by Gasteiger charge is -2.08. The molecule has 0 N–H and O–H groups in total. The number of carbonyl (C=O) groups excluding carboxylic acids is 1. The molecular formula is C18H18O2. The molecule has 20 heavy (non-hydrogen) atoms. The summed E-state index contributed by atoms with van der Waals surface area (Å²) in [6, 6.07) is 19.4. The van der Waals surface area contributed by atoms with Gasteiger partial charge in [-0.15, -0.1) is 0 Å². The second kappa shape index (κ2) is 7.29. The van der Waals surface area contributed by atoms with E-state index in [0.29, 0.717) is 12.2 Å². The van der Waals surface area contributed by atoms with Crippen LogP contribution in [-0.4, -0.2) is 12.6 Å². The van der Waals surface area contributed by atoms with Gasteiger partial charge in [0, 0.05) is 0 Å². The lowest BCUT2D eigenvalue weighted by molar-refractivity contribution is -0.136. The third-order valence-corrected chi connectivity index (χ3v) is 2.85. The quantitative estimate of drug-likeness (QED) is 0.461. The van der Waals surface area contributed by atoms with Crippen LogP contribution >= 0.6 is 0 Å². The highest BCUT2D eigenvalue weighted by molar-refractivity contribution is 6.21. The van der Waals surface area contributed by atoms with Crippen LogP contribution in [0.2, 0.25) is 0 Å². The number of hydrogen-bond donors (Lipinski definition) is 0. The highest BCUT2D eigenvalue weighted by Crippen LogP contribution is 2.19. The molecule has 0 aliphatic rings. The molecule has 0 radical (unpaired) electrons. The molecule has 0 fully saturated rings. The van der Waals surface area contributed by atoms with Gasteiger partial charge in [0.05, 0.1) is 12.2 Å². The molecule has 0 bridgehead atoms. The maximum Gasteiger partial charge on any atom is 0.338 e. The monoisotopic (exact) mass is 266 g/mol. The van der Waals surface area contributed by atoms with Gasteiger partial charge in [0.25, 0.3) is 0 Å². The molecule has 0 saturated carbocycles. The molecular weight excluding hydrogens is 248 g/mol. The molecule has 0 aliphatic heterocycles. The third-order valence-electron chi connectivity index (χ3n) is 2.85. The van der Waals surface area contributed by atoms with Gasteiger partial charge >= 0.3 is 5.97 Å². The fourth-order valence-corrected chi connectivity index (χ4v) is 1.87. The van der Waals surface area contributed by atoms with E-state index in [0.717, 1.165) is 17.5 Å². The van der Waals surface area contributed by atoms with Crippen LogP contribution in [0, 0.1) is 0 Å². The second-order valence-corrected chi connectivity index (χ2v) is 4.47. The predicted octanol–water partition coefficient (Wildman–Crippen LogP) is 4.18. The SMILES string of the molecule is CCCOC(=O)C(=Cc1ccccc1)c1ccccc1. The largest absolute Gasteiger partial charge is 0.462 e. The van der Waals surface area contributed by atoms with Crippen LogP contribution in [0.1, 0.15) is 24.5 Å². The Bertz CT molecular complexity index is 571. The minimum atomic E-state index is -0.276. The number of benzene rings is 2. The van der Waals surface area contributed by atoms with Gasteiger partial charge in [-0.1, -0.05) is 67.6 Å². The Morgan fingerprint density at radius 3 is 2.20 bits per heavy atom. The van der Waals surface area contributed by atoms with Gasteiger partial charge in [-0.25, -0.2) is 4.79 Å². The first-order valence-corrected chi connectivity index (χ1v) is 6.80. The lowest BCUT2D eigenvalue weighted by Crippen LogP contribution is -2.07. The third kappa shape index (κ3) is 3.82. The summed E-state index contributed by atoms with van der Waals surface area (Å²) in [5.74, 6) is -0.276. The van der Waals surface area contributed by atoms with E-state index in [1.807, 2.05) is 73.7 Å². The first-order chi connectivity index (χ1) is 9.81. The van der Waals surface area contributed by atoms with E-state index in [4.69, 9.17) is 4.74 Å². The second-order valence-electron chi connectivity index (χ2n) is 4.47. The maximum absolute atomic E-state index is 12.2. The molecule has 0 spiro atoms. The van der Waals surface area contributed by atoms with Crippen LogP contribution in [0.4, 0.5) is 0 Å². The Morgan fingerprint density at radius 2 is 1.60 bits per heavy atom. The first-order valence-electron chi connectivity index (χ1n) is 6.80. The van der Waals surface area contributed by atoms with Gasteiger partial charge in [0.15, 0.2) is 0 Å². The summed E-state index contributed by atoms with van der Waals surface area (Å²) in [5, 5.41) is 0. The van der Waals surface area contributed by atoms with Crippen molar-refractivity contribution in [1.29, 1.82) is 0 Å². The zero-order valence-corrected chi connectivity index (χ0v) is 11.6. The number of ether oxygens (including phenoxy) is 1. The highest BCUT2D eigenvalue weighted by atomic mass is 16.5.